The Labute approximate surface area is 73.5 Å². The van der Waals surface area contributed by atoms with E-state index in [4.69, 9.17) is 15.2 Å². The van der Waals surface area contributed by atoms with Gasteiger partial charge in [0.15, 0.2) is 0 Å². The number of methoxy groups -OCH3 is 1. The van der Waals surface area contributed by atoms with Gasteiger partial charge in [-0.3, -0.25) is 0 Å². The number of hydrogen-bond donors (Lipinski definition) is 1. The van der Waals surface area contributed by atoms with Gasteiger partial charge in [0.25, 0.3) is 0 Å². The van der Waals surface area contributed by atoms with Gasteiger partial charge in [-0.15, -0.1) is 0 Å². The minimum Gasteiger partial charge on any atom is -0.497 e. The van der Waals surface area contributed by atoms with Crippen molar-refractivity contribution in [1.29, 1.82) is 0 Å². The summed E-state index contributed by atoms with van der Waals surface area (Å²) >= 11 is 0. The van der Waals surface area contributed by atoms with Gasteiger partial charge in [-0.1, -0.05) is 0 Å². The fourth-order valence-electron chi connectivity index (χ4n) is 1.19. The Bertz CT molecular complexity index is 168. The summed E-state index contributed by atoms with van der Waals surface area (Å²) in [7, 11) is 1.66. The molecule has 0 aromatic heterocycles. The molecule has 2 N–H and O–H groups in total. The molecule has 0 saturated heterocycles. The highest BCUT2D eigenvalue weighted by molar-refractivity contribution is 5.06. The number of hydrogen-bond acceptors (Lipinski definition) is 3. The molecule has 0 fully saturated rings. The quantitative estimate of drug-likeness (QED) is 0.690. The van der Waals surface area contributed by atoms with E-state index in [2.05, 4.69) is 6.08 Å². The highest BCUT2D eigenvalue weighted by atomic mass is 16.5. The molecular formula is C9H17NO2. The second kappa shape index (κ2) is 4.48. The molecule has 0 amide bonds. The largest absolute Gasteiger partial charge is 0.497 e. The first kappa shape index (κ1) is 9.55. The number of nitrogens with two attached hydrogens (primary N) is 1. The van der Waals surface area contributed by atoms with Crippen LogP contribution < -0.4 is 5.73 Å². The average molecular weight is 171 g/mol. The summed E-state index contributed by atoms with van der Waals surface area (Å²) in [6.45, 7) is 2.74. The van der Waals surface area contributed by atoms with Gasteiger partial charge in [-0.25, -0.2) is 0 Å². The molecule has 12 heavy (non-hydrogen) atoms. The van der Waals surface area contributed by atoms with Gasteiger partial charge in [0.05, 0.1) is 18.8 Å². The van der Waals surface area contributed by atoms with Crippen LogP contribution in [0.2, 0.25) is 0 Å². The molecule has 0 spiro atoms. The van der Waals surface area contributed by atoms with E-state index >= 15 is 0 Å². The molecule has 1 rings (SSSR count). The Hall–Kier alpha value is -0.540. The van der Waals surface area contributed by atoms with Crippen molar-refractivity contribution >= 4 is 0 Å². The van der Waals surface area contributed by atoms with Crippen LogP contribution >= 0.6 is 0 Å². The first-order valence-electron chi connectivity index (χ1n) is 4.37. The normalized spacial score (nSPS) is 22.4. The summed E-state index contributed by atoms with van der Waals surface area (Å²) in [6.07, 6.45) is 4.25. The molecule has 1 aliphatic heterocycles. The lowest BCUT2D eigenvalue weighted by molar-refractivity contribution is 0.0743. The van der Waals surface area contributed by atoms with Gasteiger partial charge < -0.3 is 15.2 Å². The topological polar surface area (TPSA) is 44.5 Å². The highest BCUT2D eigenvalue weighted by Crippen LogP contribution is 2.15. The molecule has 3 nitrogen and oxygen atoms in total. The molecule has 70 valence electrons. The lowest BCUT2D eigenvalue weighted by Crippen LogP contribution is -2.37. The van der Waals surface area contributed by atoms with E-state index in [1.54, 1.807) is 7.11 Å². The molecule has 2 atom stereocenters. The molecule has 0 bridgehead atoms. The van der Waals surface area contributed by atoms with Crippen molar-refractivity contribution in [3.8, 4) is 0 Å². The lowest BCUT2D eigenvalue weighted by atomic mass is 10.1. The highest BCUT2D eigenvalue weighted by Gasteiger charge is 2.19. The summed E-state index contributed by atoms with van der Waals surface area (Å²) in [5, 5.41) is 0. The van der Waals surface area contributed by atoms with E-state index in [0.29, 0.717) is 0 Å². The van der Waals surface area contributed by atoms with E-state index in [-0.39, 0.29) is 12.1 Å². The first-order valence-corrected chi connectivity index (χ1v) is 4.37. The van der Waals surface area contributed by atoms with Gasteiger partial charge in [-0.05, 0) is 25.8 Å². The second-order valence-electron chi connectivity index (χ2n) is 3.06. The molecule has 0 radical (unpaired) electrons. The van der Waals surface area contributed by atoms with Crippen molar-refractivity contribution < 1.29 is 9.47 Å². The predicted octanol–water partition coefficient (Wildman–Crippen LogP) is 1.04. The van der Waals surface area contributed by atoms with E-state index in [0.717, 1.165) is 25.2 Å². The molecule has 3 heteroatoms. The Morgan fingerprint density at radius 3 is 2.92 bits per heavy atom. The third-order valence-corrected chi connectivity index (χ3v) is 2.17. The summed E-state index contributed by atoms with van der Waals surface area (Å²) < 4.78 is 10.5. The average Bonchev–Trinajstić information content (AvgIpc) is 2.17. The van der Waals surface area contributed by atoms with Crippen molar-refractivity contribution in [1.82, 2.24) is 0 Å². The molecule has 1 aliphatic rings. The Morgan fingerprint density at radius 2 is 2.42 bits per heavy atom. The SMILES string of the molecule is COC(C)C(N)C1=CCCCO1. The van der Waals surface area contributed by atoms with E-state index < -0.39 is 0 Å². The standard InChI is InChI=1S/C9H17NO2/c1-7(11-2)9(10)8-5-3-4-6-12-8/h5,7,9H,3-4,6,10H2,1-2H3. The van der Waals surface area contributed by atoms with Crippen LogP contribution in [0, 0.1) is 0 Å². The van der Waals surface area contributed by atoms with Gasteiger partial charge in [-0.2, -0.15) is 0 Å². The third-order valence-electron chi connectivity index (χ3n) is 2.17. The monoisotopic (exact) mass is 171 g/mol. The van der Waals surface area contributed by atoms with E-state index in [1.165, 1.54) is 0 Å². The van der Waals surface area contributed by atoms with Crippen molar-refractivity contribution in [3.05, 3.63) is 11.8 Å². The van der Waals surface area contributed by atoms with Crippen LogP contribution in [0.3, 0.4) is 0 Å². The molecule has 2 unspecified atom stereocenters. The fraction of sp³-hybridized carbons (Fsp3) is 0.778. The summed E-state index contributed by atoms with van der Waals surface area (Å²) in [6, 6.07) is -0.115. The van der Waals surface area contributed by atoms with Crippen LogP contribution in [-0.4, -0.2) is 25.9 Å². The van der Waals surface area contributed by atoms with Crippen LogP contribution in [0.15, 0.2) is 11.8 Å². The zero-order chi connectivity index (χ0) is 8.97. The molecule has 1 heterocycles. The van der Waals surface area contributed by atoms with Crippen LogP contribution in [0.4, 0.5) is 0 Å². The fourth-order valence-corrected chi connectivity index (χ4v) is 1.19. The van der Waals surface area contributed by atoms with Crippen LogP contribution in [0.5, 0.6) is 0 Å². The Morgan fingerprint density at radius 1 is 1.67 bits per heavy atom. The van der Waals surface area contributed by atoms with Crippen molar-refractivity contribution in [2.75, 3.05) is 13.7 Å². The minimum atomic E-state index is -0.115. The zero-order valence-electron chi connectivity index (χ0n) is 7.75. The first-order chi connectivity index (χ1) is 5.75. The van der Waals surface area contributed by atoms with Gasteiger partial charge in [0, 0.05) is 7.11 Å². The number of allylic oxidation sites excluding steroid dienone is 1. The third kappa shape index (κ3) is 2.22. The number of ether oxygens (including phenoxy) is 2. The second-order valence-corrected chi connectivity index (χ2v) is 3.06. The minimum absolute atomic E-state index is 0.0225. The van der Waals surface area contributed by atoms with Gasteiger partial charge in [0.1, 0.15) is 5.76 Å². The van der Waals surface area contributed by atoms with E-state index in [1.807, 2.05) is 6.92 Å². The van der Waals surface area contributed by atoms with Crippen molar-refractivity contribution in [2.45, 2.75) is 31.9 Å². The lowest BCUT2D eigenvalue weighted by Gasteiger charge is -2.24. The summed E-state index contributed by atoms with van der Waals surface area (Å²) in [5.74, 6) is 0.885. The molecule has 0 aromatic carbocycles. The summed E-state index contributed by atoms with van der Waals surface area (Å²) in [4.78, 5) is 0. The van der Waals surface area contributed by atoms with Gasteiger partial charge in [0.2, 0.25) is 0 Å². The van der Waals surface area contributed by atoms with Gasteiger partial charge >= 0.3 is 0 Å². The Balaban J connectivity index is 2.49. The van der Waals surface area contributed by atoms with Crippen molar-refractivity contribution in [2.24, 2.45) is 5.73 Å². The molecule has 0 aromatic rings. The van der Waals surface area contributed by atoms with Crippen LogP contribution in [-0.2, 0) is 9.47 Å². The number of rotatable bonds is 3. The van der Waals surface area contributed by atoms with Crippen LogP contribution in [0.1, 0.15) is 19.8 Å². The van der Waals surface area contributed by atoms with Crippen molar-refractivity contribution in [3.63, 3.8) is 0 Å². The zero-order valence-corrected chi connectivity index (χ0v) is 7.75. The maximum atomic E-state index is 5.88. The van der Waals surface area contributed by atoms with Crippen LogP contribution in [0.25, 0.3) is 0 Å². The maximum absolute atomic E-state index is 5.88. The smallest absolute Gasteiger partial charge is 0.111 e. The Kier molecular flexibility index (Phi) is 3.56. The van der Waals surface area contributed by atoms with E-state index in [9.17, 15) is 0 Å². The molecule has 0 aliphatic carbocycles. The molecule has 0 saturated carbocycles. The predicted molar refractivity (Wildman–Crippen MR) is 47.7 cm³/mol. The maximum Gasteiger partial charge on any atom is 0.111 e. The summed E-state index contributed by atoms with van der Waals surface area (Å²) in [5.41, 5.74) is 5.88. The molecular weight excluding hydrogens is 154 g/mol.